The van der Waals surface area contributed by atoms with Crippen LogP contribution in [0.1, 0.15) is 20.1 Å². The Bertz CT molecular complexity index is 926. The second-order valence-corrected chi connectivity index (χ2v) is 8.33. The van der Waals surface area contributed by atoms with Gasteiger partial charge in [-0.25, -0.2) is 4.98 Å². The van der Waals surface area contributed by atoms with Crippen LogP contribution in [-0.2, 0) is 13.6 Å². The fraction of sp³-hybridized carbons (Fsp3) is 0.214. The molecule has 0 spiro atoms. The Morgan fingerprint density at radius 1 is 1.41 bits per heavy atom. The van der Waals surface area contributed by atoms with Crippen LogP contribution < -0.4 is 10.9 Å². The van der Waals surface area contributed by atoms with E-state index in [0.717, 1.165) is 8.66 Å². The molecule has 0 radical (unpaired) electrons. The van der Waals surface area contributed by atoms with Crippen LogP contribution >= 0.6 is 38.6 Å². The fourth-order valence-electron chi connectivity index (χ4n) is 2.12. The lowest BCUT2D eigenvalue weighted by Gasteiger charge is -2.02. The molecule has 0 bridgehead atoms. The first-order valence-corrected chi connectivity index (χ1v) is 8.87. The number of amides is 1. The highest BCUT2D eigenvalue weighted by atomic mass is 79.9. The molecule has 8 heteroatoms. The molecular formula is C14H12BrN3O2S2. The van der Waals surface area contributed by atoms with Crippen molar-refractivity contribution < 1.29 is 4.79 Å². The molecule has 1 N–H and O–H groups in total. The minimum atomic E-state index is -0.174. The third kappa shape index (κ3) is 2.73. The molecule has 0 aliphatic heterocycles. The number of halogens is 1. The first-order chi connectivity index (χ1) is 10.5. The van der Waals surface area contributed by atoms with E-state index in [9.17, 15) is 9.59 Å². The standard InChI is InChI=1S/C14H12BrN3O2S2/c1-7-10-13(17-6-18(2)14(10)20)22-11(7)12(19)16-5-8-3-4-9(15)21-8/h3-4,6H,5H2,1-2H3,(H,16,19). The van der Waals surface area contributed by atoms with Gasteiger partial charge in [0.1, 0.15) is 4.83 Å². The molecule has 0 saturated heterocycles. The molecule has 3 aromatic heterocycles. The largest absolute Gasteiger partial charge is 0.346 e. The first kappa shape index (κ1) is 15.4. The fourth-order valence-corrected chi connectivity index (χ4v) is 4.60. The third-order valence-corrected chi connectivity index (χ3v) is 6.09. The highest BCUT2D eigenvalue weighted by Gasteiger charge is 2.18. The van der Waals surface area contributed by atoms with Crippen molar-refractivity contribution in [1.82, 2.24) is 14.9 Å². The highest BCUT2D eigenvalue weighted by Crippen LogP contribution is 2.27. The molecule has 0 fully saturated rings. The van der Waals surface area contributed by atoms with Gasteiger partial charge in [-0.1, -0.05) is 0 Å². The number of thiophene rings is 2. The number of carbonyl (C=O) groups is 1. The summed E-state index contributed by atoms with van der Waals surface area (Å²) in [5.41, 5.74) is 0.568. The van der Waals surface area contributed by atoms with E-state index in [1.807, 2.05) is 12.1 Å². The van der Waals surface area contributed by atoms with Crippen molar-refractivity contribution in [3.05, 3.63) is 47.9 Å². The summed E-state index contributed by atoms with van der Waals surface area (Å²) < 4.78 is 2.45. The van der Waals surface area contributed by atoms with Gasteiger partial charge in [0.05, 0.1) is 26.9 Å². The van der Waals surface area contributed by atoms with E-state index in [1.165, 1.54) is 22.2 Å². The van der Waals surface area contributed by atoms with E-state index in [0.29, 0.717) is 27.2 Å². The smallest absolute Gasteiger partial charge is 0.262 e. The summed E-state index contributed by atoms with van der Waals surface area (Å²) in [5.74, 6) is -0.174. The van der Waals surface area contributed by atoms with Crippen molar-refractivity contribution in [2.45, 2.75) is 13.5 Å². The summed E-state index contributed by atoms with van der Waals surface area (Å²) in [6.45, 7) is 2.26. The first-order valence-electron chi connectivity index (χ1n) is 6.44. The average molecular weight is 398 g/mol. The van der Waals surface area contributed by atoms with Crippen LogP contribution in [0.4, 0.5) is 0 Å². The quantitative estimate of drug-likeness (QED) is 0.738. The molecule has 0 atom stereocenters. The number of nitrogens with one attached hydrogen (secondary N) is 1. The van der Waals surface area contributed by atoms with Gasteiger partial charge in [0.25, 0.3) is 11.5 Å². The molecule has 0 saturated carbocycles. The Labute approximate surface area is 142 Å². The Morgan fingerprint density at radius 2 is 2.18 bits per heavy atom. The zero-order chi connectivity index (χ0) is 15.9. The van der Waals surface area contributed by atoms with Gasteiger partial charge in [-0.05, 0) is 40.5 Å². The summed E-state index contributed by atoms with van der Waals surface area (Å²) in [6, 6.07) is 3.91. The van der Waals surface area contributed by atoms with Crippen LogP contribution in [0.15, 0.2) is 27.0 Å². The molecule has 5 nitrogen and oxygen atoms in total. The second-order valence-electron chi connectivity index (χ2n) is 4.79. The minimum absolute atomic E-state index is 0.125. The minimum Gasteiger partial charge on any atom is -0.346 e. The van der Waals surface area contributed by atoms with Gasteiger partial charge < -0.3 is 9.88 Å². The predicted octanol–water partition coefficient (Wildman–Crippen LogP) is 3.06. The van der Waals surface area contributed by atoms with E-state index in [-0.39, 0.29) is 11.5 Å². The van der Waals surface area contributed by atoms with E-state index < -0.39 is 0 Å². The van der Waals surface area contributed by atoms with Gasteiger partial charge in [-0.3, -0.25) is 9.59 Å². The van der Waals surface area contributed by atoms with Crippen LogP contribution in [0, 0.1) is 6.92 Å². The van der Waals surface area contributed by atoms with E-state index in [1.54, 1.807) is 25.3 Å². The molecular weight excluding hydrogens is 386 g/mol. The summed E-state index contributed by atoms with van der Waals surface area (Å²) in [7, 11) is 1.65. The Morgan fingerprint density at radius 3 is 2.86 bits per heavy atom. The van der Waals surface area contributed by atoms with Crippen molar-refractivity contribution in [3.8, 4) is 0 Å². The maximum absolute atomic E-state index is 12.4. The molecule has 0 unspecified atom stereocenters. The average Bonchev–Trinajstić information content (AvgIpc) is 3.05. The summed E-state index contributed by atoms with van der Waals surface area (Å²) in [4.78, 5) is 31.0. The van der Waals surface area contributed by atoms with Crippen LogP contribution in [0.5, 0.6) is 0 Å². The molecule has 0 aliphatic rings. The number of hydrogen-bond donors (Lipinski definition) is 1. The molecule has 3 aromatic rings. The zero-order valence-electron chi connectivity index (χ0n) is 11.8. The number of aromatic nitrogens is 2. The normalized spacial score (nSPS) is 11.0. The van der Waals surface area contributed by atoms with Crippen molar-refractivity contribution in [2.75, 3.05) is 0 Å². The van der Waals surface area contributed by atoms with Gasteiger partial charge in [0.15, 0.2) is 0 Å². The van der Waals surface area contributed by atoms with Gasteiger partial charge in [-0.15, -0.1) is 22.7 Å². The lowest BCUT2D eigenvalue weighted by atomic mass is 10.2. The second kappa shape index (κ2) is 5.94. The van der Waals surface area contributed by atoms with Gasteiger partial charge in [0.2, 0.25) is 0 Å². The predicted molar refractivity (Wildman–Crippen MR) is 92.8 cm³/mol. The monoisotopic (exact) mass is 397 g/mol. The van der Waals surface area contributed by atoms with Crippen LogP contribution in [0.2, 0.25) is 0 Å². The van der Waals surface area contributed by atoms with Crippen molar-refractivity contribution in [3.63, 3.8) is 0 Å². The summed E-state index contributed by atoms with van der Waals surface area (Å²) >= 11 is 6.23. The number of aryl methyl sites for hydroxylation is 2. The molecule has 1 amide bonds. The maximum Gasteiger partial charge on any atom is 0.262 e. The molecule has 0 aromatic carbocycles. The third-order valence-electron chi connectivity index (χ3n) is 3.27. The summed E-state index contributed by atoms with van der Waals surface area (Å²) in [6.07, 6.45) is 1.48. The maximum atomic E-state index is 12.4. The van der Waals surface area contributed by atoms with Crippen molar-refractivity contribution in [2.24, 2.45) is 7.05 Å². The topological polar surface area (TPSA) is 64.0 Å². The lowest BCUT2D eigenvalue weighted by Crippen LogP contribution is -2.22. The molecule has 22 heavy (non-hydrogen) atoms. The van der Waals surface area contributed by atoms with E-state index in [2.05, 4.69) is 26.2 Å². The van der Waals surface area contributed by atoms with Gasteiger partial charge >= 0.3 is 0 Å². The van der Waals surface area contributed by atoms with Gasteiger partial charge in [-0.2, -0.15) is 0 Å². The van der Waals surface area contributed by atoms with Crippen LogP contribution in [-0.4, -0.2) is 15.5 Å². The number of carbonyl (C=O) groups excluding carboxylic acids is 1. The highest BCUT2D eigenvalue weighted by molar-refractivity contribution is 9.11. The zero-order valence-corrected chi connectivity index (χ0v) is 15.1. The molecule has 114 valence electrons. The Hall–Kier alpha value is -1.51. The molecule has 0 aliphatic carbocycles. The molecule has 3 rings (SSSR count). The van der Waals surface area contributed by atoms with Crippen LogP contribution in [0.3, 0.4) is 0 Å². The number of nitrogens with zero attached hydrogens (tertiary/aromatic N) is 2. The Kier molecular flexibility index (Phi) is 4.16. The molecule has 3 heterocycles. The van der Waals surface area contributed by atoms with Gasteiger partial charge in [0, 0.05) is 11.9 Å². The number of fused-ring (bicyclic) bond motifs is 1. The van der Waals surface area contributed by atoms with E-state index in [4.69, 9.17) is 0 Å². The number of hydrogen-bond acceptors (Lipinski definition) is 5. The lowest BCUT2D eigenvalue weighted by molar-refractivity contribution is 0.0955. The van der Waals surface area contributed by atoms with Crippen molar-refractivity contribution in [1.29, 1.82) is 0 Å². The SMILES string of the molecule is Cc1c(C(=O)NCc2ccc(Br)s2)sc2ncn(C)c(=O)c12. The van der Waals surface area contributed by atoms with Crippen molar-refractivity contribution >= 4 is 54.7 Å². The Balaban J connectivity index is 1.89. The summed E-state index contributed by atoms with van der Waals surface area (Å²) in [5, 5.41) is 3.42. The van der Waals surface area contributed by atoms with E-state index >= 15 is 0 Å². The van der Waals surface area contributed by atoms with Crippen LogP contribution in [0.25, 0.3) is 10.2 Å². The number of rotatable bonds is 3.